The molecule has 0 fully saturated rings. The highest BCUT2D eigenvalue weighted by Crippen LogP contribution is 2.33. The molecule has 0 N–H and O–H groups in total. The van der Waals surface area contributed by atoms with Crippen LogP contribution < -0.4 is 0 Å². The Labute approximate surface area is 502 Å². The summed E-state index contributed by atoms with van der Waals surface area (Å²) in [5.41, 5.74) is 19.5. The van der Waals surface area contributed by atoms with E-state index in [9.17, 15) is 0 Å². The number of benzene rings is 15. The lowest BCUT2D eigenvalue weighted by atomic mass is 9.95. The van der Waals surface area contributed by atoms with Gasteiger partial charge in [0.25, 0.3) is 0 Å². The first-order valence-corrected chi connectivity index (χ1v) is 29.5. The Balaban J connectivity index is 0.000000111. The average Bonchev–Trinajstić information content (AvgIpc) is 3.74. The molecule has 15 rings (SSSR count). The second-order valence-electron chi connectivity index (χ2n) is 22.0. The van der Waals surface area contributed by atoms with Gasteiger partial charge in [-0.3, -0.25) is 0 Å². The van der Waals surface area contributed by atoms with Crippen molar-refractivity contribution in [1.82, 2.24) is 0 Å². The molecule has 15 aromatic rings. The van der Waals surface area contributed by atoms with Crippen LogP contribution in [-0.4, -0.2) is 0 Å². The summed E-state index contributed by atoms with van der Waals surface area (Å²) in [7, 11) is 0. The van der Waals surface area contributed by atoms with Crippen LogP contribution in [-0.2, 0) is 0 Å². The normalized spacial score (nSPS) is 10.6. The van der Waals surface area contributed by atoms with Gasteiger partial charge in [0.1, 0.15) is 0 Å². The Morgan fingerprint density at radius 1 is 0.153 bits per heavy atom. The second-order valence-corrected chi connectivity index (χ2v) is 22.0. The molecule has 0 aromatic heterocycles. The zero-order valence-electron chi connectivity index (χ0n) is 49.3. The van der Waals surface area contributed by atoms with Gasteiger partial charge in [-0.1, -0.05) is 332 Å². The Morgan fingerprint density at radius 3 is 0.988 bits per heavy atom. The molecule has 0 nitrogen and oxygen atoms in total. The highest BCUT2D eigenvalue weighted by Gasteiger charge is 2.07. The minimum Gasteiger partial charge on any atom is -0.0620 e. The Morgan fingerprint density at radius 2 is 0.471 bits per heavy atom. The van der Waals surface area contributed by atoms with Crippen molar-refractivity contribution in [3.63, 3.8) is 0 Å². The van der Waals surface area contributed by atoms with E-state index in [1.807, 2.05) is 0 Å². The van der Waals surface area contributed by atoms with Crippen molar-refractivity contribution in [1.29, 1.82) is 0 Å². The average molecular weight is 1090 g/mol. The Hall–Kier alpha value is -10.4. The summed E-state index contributed by atoms with van der Waals surface area (Å²) in [6.45, 7) is 10.7. The van der Waals surface area contributed by atoms with Gasteiger partial charge >= 0.3 is 0 Å². The van der Waals surface area contributed by atoms with Crippen molar-refractivity contribution >= 4 is 53.9 Å². The third kappa shape index (κ3) is 14.1. The minimum atomic E-state index is 1.28. The van der Waals surface area contributed by atoms with Crippen molar-refractivity contribution in [2.24, 2.45) is 0 Å². The van der Waals surface area contributed by atoms with Crippen LogP contribution in [0, 0.1) is 34.6 Å². The zero-order valence-corrected chi connectivity index (χ0v) is 49.3. The van der Waals surface area contributed by atoms with Crippen LogP contribution in [0.5, 0.6) is 0 Å². The fraction of sp³-hybridized carbons (Fsp3) is 0.0588. The molecule has 0 aliphatic heterocycles. The number of aryl methyl sites for hydroxylation is 5. The highest BCUT2D eigenvalue weighted by atomic mass is 14.1. The largest absolute Gasteiger partial charge is 0.0620 e. The lowest BCUT2D eigenvalue weighted by molar-refractivity contribution is 1.46. The molecule has 0 heterocycles. The molecule has 0 aliphatic rings. The van der Waals surface area contributed by atoms with E-state index >= 15 is 0 Å². The molecule has 0 amide bonds. The molecule has 0 radical (unpaired) electrons. The summed E-state index contributed by atoms with van der Waals surface area (Å²) in [5.74, 6) is 0. The molecule has 15 aromatic carbocycles. The van der Waals surface area contributed by atoms with Gasteiger partial charge in [-0.25, -0.2) is 0 Å². The second kappa shape index (κ2) is 27.1. The van der Waals surface area contributed by atoms with E-state index in [-0.39, 0.29) is 0 Å². The van der Waals surface area contributed by atoms with Crippen LogP contribution >= 0.6 is 0 Å². The molecule has 0 spiro atoms. The molecule has 0 saturated carbocycles. The lowest BCUT2D eigenvalue weighted by Crippen LogP contribution is -1.84. The predicted molar refractivity (Wildman–Crippen MR) is 371 cm³/mol. The van der Waals surface area contributed by atoms with E-state index < -0.39 is 0 Å². The monoisotopic (exact) mass is 1090 g/mol. The smallest absolute Gasteiger partial charge is 0.0103 e. The molecular weight excluding hydrogens is 1020 g/mol. The summed E-state index contributed by atoms with van der Waals surface area (Å²) in [5, 5.41) is 13.0. The van der Waals surface area contributed by atoms with Crippen LogP contribution in [0.1, 0.15) is 27.8 Å². The van der Waals surface area contributed by atoms with Crippen LogP contribution in [0.3, 0.4) is 0 Å². The fourth-order valence-corrected chi connectivity index (χ4v) is 11.2. The van der Waals surface area contributed by atoms with Crippen LogP contribution in [0.2, 0.25) is 0 Å². The van der Waals surface area contributed by atoms with Gasteiger partial charge in [-0.15, -0.1) is 0 Å². The van der Waals surface area contributed by atoms with Crippen LogP contribution in [0.4, 0.5) is 0 Å². The van der Waals surface area contributed by atoms with Crippen molar-refractivity contribution < 1.29 is 0 Å². The van der Waals surface area contributed by atoms with Gasteiger partial charge in [0.15, 0.2) is 0 Å². The molecule has 0 unspecified atom stereocenters. The number of fused-ring (bicyclic) bond motifs is 5. The summed E-state index contributed by atoms with van der Waals surface area (Å²) >= 11 is 0. The van der Waals surface area contributed by atoms with Crippen molar-refractivity contribution in [3.05, 3.63) is 361 Å². The van der Waals surface area contributed by atoms with Crippen molar-refractivity contribution in [2.75, 3.05) is 0 Å². The number of rotatable bonds is 5. The topological polar surface area (TPSA) is 0 Å². The van der Waals surface area contributed by atoms with E-state index in [0.717, 1.165) is 0 Å². The molecule has 0 heteroatoms. The maximum absolute atomic E-state index is 2.26. The third-order valence-electron chi connectivity index (χ3n) is 15.8. The summed E-state index contributed by atoms with van der Waals surface area (Å²) in [6, 6.07) is 118. The first-order chi connectivity index (χ1) is 41.7. The Kier molecular flexibility index (Phi) is 18.0. The van der Waals surface area contributed by atoms with E-state index in [1.54, 1.807) is 0 Å². The van der Waals surface area contributed by atoms with E-state index in [0.29, 0.717) is 0 Å². The highest BCUT2D eigenvalue weighted by molar-refractivity contribution is 5.98. The fourth-order valence-electron chi connectivity index (χ4n) is 11.2. The molecule has 410 valence electrons. The molecule has 85 heavy (non-hydrogen) atoms. The summed E-state index contributed by atoms with van der Waals surface area (Å²) < 4.78 is 0. The quantitative estimate of drug-likeness (QED) is 0.161. The molecule has 0 atom stereocenters. The molecule has 0 saturated heterocycles. The van der Waals surface area contributed by atoms with Gasteiger partial charge in [0, 0.05) is 0 Å². The summed E-state index contributed by atoms with van der Waals surface area (Å²) in [6.07, 6.45) is 0. The van der Waals surface area contributed by atoms with Crippen molar-refractivity contribution in [3.8, 4) is 55.6 Å². The Bertz CT molecular complexity index is 4690. The maximum Gasteiger partial charge on any atom is -0.0103 e. The molecule has 0 aliphatic carbocycles. The lowest BCUT2D eigenvalue weighted by Gasteiger charge is -2.09. The predicted octanol–water partition coefficient (Wildman–Crippen LogP) is 24.1. The van der Waals surface area contributed by atoms with Gasteiger partial charge in [-0.2, -0.15) is 0 Å². The van der Waals surface area contributed by atoms with Gasteiger partial charge in [0.2, 0.25) is 0 Å². The van der Waals surface area contributed by atoms with E-state index in [2.05, 4.69) is 368 Å². The van der Waals surface area contributed by atoms with E-state index in [4.69, 9.17) is 0 Å². The maximum atomic E-state index is 2.26. The van der Waals surface area contributed by atoms with E-state index in [1.165, 1.54) is 137 Å². The SMILES string of the molecule is Cc1ccc(-c2ccc3ccccc3c2)cc1.Cc1cccc(-c2ccc3ccccc3c2)c1.Cc1cccc(-c2cccc3ccccc23)c1.Cc1ccccc1-c1ccc2ccccc2c1.Cc1ccccc1-c1cccc2ccccc12. The molecular formula is C85H70. The third-order valence-corrected chi connectivity index (χ3v) is 15.8. The number of hydrogen-bond donors (Lipinski definition) is 0. The molecule has 0 bridgehead atoms. The van der Waals surface area contributed by atoms with Gasteiger partial charge in [0.05, 0.1) is 0 Å². The number of hydrogen-bond acceptors (Lipinski definition) is 0. The first-order valence-electron chi connectivity index (χ1n) is 29.5. The van der Waals surface area contributed by atoms with Crippen LogP contribution in [0.15, 0.2) is 334 Å². The zero-order chi connectivity index (χ0) is 58.3. The minimum absolute atomic E-state index is 1.28. The summed E-state index contributed by atoms with van der Waals surface area (Å²) in [4.78, 5) is 0. The first kappa shape index (κ1) is 56.5. The van der Waals surface area contributed by atoms with Crippen LogP contribution in [0.25, 0.3) is 109 Å². The van der Waals surface area contributed by atoms with Gasteiger partial charge < -0.3 is 0 Å². The van der Waals surface area contributed by atoms with Gasteiger partial charge in [-0.05, 0) is 173 Å². The standard InChI is InChI=1S/5C17H14/c1-13-6-2-5-9-17(13)16-11-10-14-7-3-4-8-15(14)12-16;1-13-7-2-4-10-15(13)17-12-6-9-14-8-3-5-11-16(14)17;1-13-6-4-9-15(12-13)17-11-5-8-14-7-2-3-10-16(14)17;1-13-5-4-8-15(11-13)17-10-9-14-6-2-3-7-16(14)12-17;1-13-6-8-15(9-7-13)17-11-10-14-4-2-3-5-16(14)12-17/h5*2-12H,1H3. The van der Waals surface area contributed by atoms with Crippen molar-refractivity contribution in [2.45, 2.75) is 34.6 Å².